The van der Waals surface area contributed by atoms with Crippen molar-refractivity contribution in [3.63, 3.8) is 0 Å². The van der Waals surface area contributed by atoms with E-state index in [1.165, 1.54) is 71.6 Å². The minimum absolute atomic E-state index is 1.02. The number of hydrogen-bond donors (Lipinski definition) is 0. The van der Waals surface area contributed by atoms with Gasteiger partial charge in [-0.3, -0.25) is 4.98 Å². The van der Waals surface area contributed by atoms with Gasteiger partial charge in [-0.1, -0.05) is 121 Å². The quantitative estimate of drug-likeness (QED) is 0.207. The van der Waals surface area contributed by atoms with Gasteiger partial charge in [0.05, 0.1) is 16.6 Å². The number of fused-ring (bicyclic) bond motifs is 8. The molecule has 0 N–H and O–H groups in total. The maximum absolute atomic E-state index is 4.84. The average molecular weight is 571 g/mol. The van der Waals surface area contributed by atoms with E-state index in [-0.39, 0.29) is 0 Å². The highest BCUT2D eigenvalue weighted by Crippen LogP contribution is 2.49. The molecular weight excluding hydrogens is 544 g/mol. The molecule has 0 fully saturated rings. The Hall–Kier alpha value is -5.99. The fraction of sp³-hybridized carbons (Fsp3) is 0. The SMILES string of the molecule is c1ccc(-n2c3ccc(-c4ccc(-c5ccc6c7c(cccc57)-c5ccccc5-6)cc4)cc3c3ccc4cccnc4c32)cc1. The molecule has 0 saturated heterocycles. The van der Waals surface area contributed by atoms with Crippen LogP contribution in [0.15, 0.2) is 158 Å². The summed E-state index contributed by atoms with van der Waals surface area (Å²) in [7, 11) is 0. The molecule has 2 heteroatoms. The Morgan fingerprint density at radius 3 is 1.98 bits per heavy atom. The van der Waals surface area contributed by atoms with Gasteiger partial charge in [-0.05, 0) is 85.6 Å². The zero-order valence-corrected chi connectivity index (χ0v) is 24.4. The minimum atomic E-state index is 1.02. The van der Waals surface area contributed by atoms with Crippen molar-refractivity contribution in [2.75, 3.05) is 0 Å². The van der Waals surface area contributed by atoms with Gasteiger partial charge in [0.15, 0.2) is 0 Å². The van der Waals surface area contributed by atoms with Gasteiger partial charge in [0.25, 0.3) is 0 Å². The number of rotatable bonds is 3. The Kier molecular flexibility index (Phi) is 5.03. The second-order valence-corrected chi connectivity index (χ2v) is 12.0. The van der Waals surface area contributed by atoms with Crippen LogP contribution in [-0.4, -0.2) is 9.55 Å². The normalized spacial score (nSPS) is 12.0. The molecule has 208 valence electrons. The lowest BCUT2D eigenvalue weighted by molar-refractivity contribution is 1.18. The summed E-state index contributed by atoms with van der Waals surface area (Å²) in [5.74, 6) is 0. The van der Waals surface area contributed by atoms with E-state index in [0.29, 0.717) is 0 Å². The van der Waals surface area contributed by atoms with Crippen LogP contribution in [0.5, 0.6) is 0 Å². The highest BCUT2D eigenvalue weighted by Gasteiger charge is 2.22. The molecule has 2 heterocycles. The Morgan fingerprint density at radius 1 is 0.422 bits per heavy atom. The maximum atomic E-state index is 4.84. The van der Waals surface area contributed by atoms with Gasteiger partial charge in [-0.25, -0.2) is 0 Å². The van der Waals surface area contributed by atoms with Crippen molar-refractivity contribution < 1.29 is 0 Å². The maximum Gasteiger partial charge on any atom is 0.0948 e. The number of nitrogens with zero attached hydrogens (tertiary/aromatic N) is 2. The van der Waals surface area contributed by atoms with Crippen molar-refractivity contribution in [3.05, 3.63) is 158 Å². The Labute approximate surface area is 260 Å². The Morgan fingerprint density at radius 2 is 1.13 bits per heavy atom. The van der Waals surface area contributed by atoms with Gasteiger partial charge in [-0.15, -0.1) is 0 Å². The highest BCUT2D eigenvalue weighted by atomic mass is 15.0. The average Bonchev–Trinajstić information content (AvgIpc) is 3.63. The predicted octanol–water partition coefficient (Wildman–Crippen LogP) is 11.5. The number of para-hydroxylation sites is 1. The molecule has 0 unspecified atom stereocenters. The molecule has 7 aromatic carbocycles. The van der Waals surface area contributed by atoms with E-state index >= 15 is 0 Å². The molecule has 0 saturated carbocycles. The number of hydrogen-bond acceptors (Lipinski definition) is 1. The Balaban J connectivity index is 1.12. The van der Waals surface area contributed by atoms with E-state index in [1.807, 2.05) is 12.3 Å². The van der Waals surface area contributed by atoms with Gasteiger partial charge in [0, 0.05) is 28.0 Å². The predicted molar refractivity (Wildman–Crippen MR) is 189 cm³/mol. The largest absolute Gasteiger partial charge is 0.307 e. The summed E-state index contributed by atoms with van der Waals surface area (Å²) in [6, 6.07) is 55.2. The molecule has 45 heavy (non-hydrogen) atoms. The molecule has 0 amide bonds. The Bertz CT molecular complexity index is 2600. The summed E-state index contributed by atoms with van der Waals surface area (Å²) in [5.41, 5.74) is 14.8. The summed E-state index contributed by atoms with van der Waals surface area (Å²) >= 11 is 0. The molecule has 1 aliphatic carbocycles. The number of benzene rings is 7. The van der Waals surface area contributed by atoms with Gasteiger partial charge in [0.1, 0.15) is 0 Å². The lowest BCUT2D eigenvalue weighted by Crippen LogP contribution is -1.94. The molecule has 10 rings (SSSR count). The molecule has 0 radical (unpaired) electrons. The van der Waals surface area contributed by atoms with Crippen LogP contribution in [-0.2, 0) is 0 Å². The number of pyridine rings is 1. The molecular formula is C43H26N2. The highest BCUT2D eigenvalue weighted by molar-refractivity contribution is 6.19. The zero-order valence-electron chi connectivity index (χ0n) is 24.4. The summed E-state index contributed by atoms with van der Waals surface area (Å²) in [6.07, 6.45) is 1.89. The molecule has 0 atom stereocenters. The lowest BCUT2D eigenvalue weighted by atomic mass is 9.93. The molecule has 9 aromatic rings. The van der Waals surface area contributed by atoms with Crippen molar-refractivity contribution in [2.24, 2.45) is 0 Å². The van der Waals surface area contributed by atoms with Gasteiger partial charge >= 0.3 is 0 Å². The van der Waals surface area contributed by atoms with Crippen LogP contribution in [0.2, 0.25) is 0 Å². The smallest absolute Gasteiger partial charge is 0.0948 e. The molecule has 0 bridgehead atoms. The second kappa shape index (κ2) is 9.25. The van der Waals surface area contributed by atoms with Crippen molar-refractivity contribution in [2.45, 2.75) is 0 Å². The van der Waals surface area contributed by atoms with Crippen LogP contribution in [0.1, 0.15) is 0 Å². The summed E-state index contributed by atoms with van der Waals surface area (Å²) < 4.78 is 2.36. The van der Waals surface area contributed by atoms with Crippen LogP contribution in [0, 0.1) is 0 Å². The van der Waals surface area contributed by atoms with Crippen molar-refractivity contribution in [3.8, 4) is 50.2 Å². The van der Waals surface area contributed by atoms with E-state index < -0.39 is 0 Å². The molecule has 1 aliphatic rings. The van der Waals surface area contributed by atoms with Crippen molar-refractivity contribution >= 4 is 43.5 Å². The third-order valence-electron chi connectivity index (χ3n) is 9.59. The first kappa shape index (κ1) is 24.5. The lowest BCUT2D eigenvalue weighted by Gasteiger charge is -2.11. The van der Waals surface area contributed by atoms with Crippen LogP contribution in [0.25, 0.3) is 93.7 Å². The minimum Gasteiger partial charge on any atom is -0.307 e. The van der Waals surface area contributed by atoms with Crippen molar-refractivity contribution in [1.82, 2.24) is 9.55 Å². The second-order valence-electron chi connectivity index (χ2n) is 12.0. The molecule has 2 aromatic heterocycles. The topological polar surface area (TPSA) is 17.8 Å². The molecule has 0 spiro atoms. The fourth-order valence-corrected chi connectivity index (χ4v) is 7.57. The van der Waals surface area contributed by atoms with Crippen LogP contribution >= 0.6 is 0 Å². The van der Waals surface area contributed by atoms with E-state index in [2.05, 4.69) is 150 Å². The van der Waals surface area contributed by atoms with E-state index in [1.54, 1.807) is 0 Å². The van der Waals surface area contributed by atoms with Gasteiger partial charge in [0.2, 0.25) is 0 Å². The van der Waals surface area contributed by atoms with Gasteiger partial charge < -0.3 is 4.57 Å². The van der Waals surface area contributed by atoms with E-state index in [0.717, 1.165) is 22.1 Å². The first-order valence-corrected chi connectivity index (χ1v) is 15.5. The van der Waals surface area contributed by atoms with Crippen molar-refractivity contribution in [1.29, 1.82) is 0 Å². The molecule has 0 aliphatic heterocycles. The zero-order chi connectivity index (χ0) is 29.5. The van der Waals surface area contributed by atoms with Crippen LogP contribution in [0.3, 0.4) is 0 Å². The first-order valence-electron chi connectivity index (χ1n) is 15.5. The third kappa shape index (κ3) is 3.48. The summed E-state index contributed by atoms with van der Waals surface area (Å²) in [6.45, 7) is 0. The van der Waals surface area contributed by atoms with Gasteiger partial charge in [-0.2, -0.15) is 0 Å². The summed E-state index contributed by atoms with van der Waals surface area (Å²) in [5, 5.41) is 6.27. The van der Waals surface area contributed by atoms with E-state index in [4.69, 9.17) is 4.98 Å². The van der Waals surface area contributed by atoms with E-state index in [9.17, 15) is 0 Å². The monoisotopic (exact) mass is 570 g/mol. The van der Waals surface area contributed by atoms with Crippen LogP contribution in [0.4, 0.5) is 0 Å². The summed E-state index contributed by atoms with van der Waals surface area (Å²) in [4.78, 5) is 4.84. The molecule has 2 nitrogen and oxygen atoms in total. The first-order chi connectivity index (χ1) is 22.3. The fourth-order valence-electron chi connectivity index (χ4n) is 7.57. The third-order valence-corrected chi connectivity index (χ3v) is 9.59. The standard InChI is InChI=1S/C43H26N2/c1-2-9-31(10-3-1)45-40-24-20-30(26-39(40)38-21-19-29-8-7-25-44-42(29)43(38)45)27-15-17-28(18-16-27)32-22-23-37-34-12-5-4-11-33(34)36-14-6-13-35(32)41(36)37/h1-26H. The van der Waals surface area contributed by atoms with Crippen LogP contribution < -0.4 is 0 Å². The number of aromatic nitrogens is 2.